The van der Waals surface area contributed by atoms with Gasteiger partial charge in [0.2, 0.25) is 0 Å². The lowest BCUT2D eigenvalue weighted by Gasteiger charge is -2.17. The maximum Gasteiger partial charge on any atom is 0.189 e. The van der Waals surface area contributed by atoms with Gasteiger partial charge in [-0.1, -0.05) is 63.1 Å². The molecular formula is C33H52O6Si2. The van der Waals surface area contributed by atoms with Crippen molar-refractivity contribution in [3.8, 4) is 23.0 Å². The van der Waals surface area contributed by atoms with Crippen LogP contribution in [-0.4, -0.2) is 57.2 Å². The van der Waals surface area contributed by atoms with E-state index in [-0.39, 0.29) is 13.6 Å². The summed E-state index contributed by atoms with van der Waals surface area (Å²) in [6.45, 7) is 20.1. The van der Waals surface area contributed by atoms with E-state index < -0.39 is 16.1 Å². The SMILES string of the molecule is COc1cc(C=Cc2cc(OCOCC[Si](C)(C)C)cc(OC)c2CC=C(C)C)cc(OCOCC[Si](C)(C)C)c1. The van der Waals surface area contributed by atoms with Gasteiger partial charge in [0.1, 0.15) is 23.0 Å². The smallest absolute Gasteiger partial charge is 0.189 e. The Morgan fingerprint density at radius 3 is 1.76 bits per heavy atom. The van der Waals surface area contributed by atoms with Crippen LogP contribution >= 0.6 is 0 Å². The molecule has 0 amide bonds. The molecule has 0 aliphatic rings. The molecule has 0 heterocycles. The zero-order valence-electron chi connectivity index (χ0n) is 27.0. The predicted octanol–water partition coefficient (Wildman–Crippen LogP) is 8.77. The fraction of sp³-hybridized carbons (Fsp3) is 0.515. The van der Waals surface area contributed by atoms with Crippen molar-refractivity contribution in [1.29, 1.82) is 0 Å². The average Bonchev–Trinajstić information content (AvgIpc) is 2.88. The van der Waals surface area contributed by atoms with Crippen LogP contribution in [0.15, 0.2) is 42.0 Å². The van der Waals surface area contributed by atoms with E-state index in [2.05, 4.69) is 71.4 Å². The third kappa shape index (κ3) is 14.3. The Bertz CT molecular complexity index is 1140. The highest BCUT2D eigenvalue weighted by Crippen LogP contribution is 2.32. The number of hydrogen-bond acceptors (Lipinski definition) is 6. The molecule has 0 saturated carbocycles. The second-order valence-electron chi connectivity index (χ2n) is 12.9. The fourth-order valence-electron chi connectivity index (χ4n) is 3.75. The highest BCUT2D eigenvalue weighted by molar-refractivity contribution is 6.76. The van der Waals surface area contributed by atoms with Crippen molar-refractivity contribution in [2.75, 3.05) is 41.0 Å². The van der Waals surface area contributed by atoms with E-state index in [1.807, 2.05) is 30.3 Å². The molecule has 0 unspecified atom stereocenters. The zero-order chi connectivity index (χ0) is 30.5. The number of rotatable bonds is 18. The lowest BCUT2D eigenvalue weighted by Crippen LogP contribution is -2.22. The van der Waals surface area contributed by atoms with Crippen LogP contribution in [0.25, 0.3) is 12.2 Å². The van der Waals surface area contributed by atoms with Crippen LogP contribution in [0.2, 0.25) is 51.4 Å². The predicted molar refractivity (Wildman–Crippen MR) is 177 cm³/mol. The van der Waals surface area contributed by atoms with Gasteiger partial charge in [-0.2, -0.15) is 0 Å². The van der Waals surface area contributed by atoms with E-state index in [0.29, 0.717) is 24.7 Å². The van der Waals surface area contributed by atoms with Gasteiger partial charge >= 0.3 is 0 Å². The third-order valence-electron chi connectivity index (χ3n) is 6.36. The molecule has 8 heteroatoms. The van der Waals surface area contributed by atoms with Crippen molar-refractivity contribution in [3.05, 3.63) is 58.7 Å². The van der Waals surface area contributed by atoms with Crippen LogP contribution in [-0.2, 0) is 15.9 Å². The average molecular weight is 601 g/mol. The molecule has 0 fully saturated rings. The van der Waals surface area contributed by atoms with E-state index in [4.69, 9.17) is 28.4 Å². The second kappa shape index (κ2) is 16.8. The van der Waals surface area contributed by atoms with Gasteiger partial charge in [-0.05, 0) is 61.7 Å². The first kappa shape index (κ1) is 34.7. The van der Waals surface area contributed by atoms with Crippen LogP contribution in [0.4, 0.5) is 0 Å². The first-order valence-electron chi connectivity index (χ1n) is 14.4. The van der Waals surface area contributed by atoms with Crippen molar-refractivity contribution >= 4 is 28.3 Å². The largest absolute Gasteiger partial charge is 0.497 e. The molecule has 0 atom stereocenters. The molecule has 228 valence electrons. The van der Waals surface area contributed by atoms with Gasteiger partial charge in [0.25, 0.3) is 0 Å². The minimum atomic E-state index is -1.15. The van der Waals surface area contributed by atoms with Gasteiger partial charge in [0, 0.05) is 47.1 Å². The minimum absolute atomic E-state index is 0.209. The van der Waals surface area contributed by atoms with Crippen LogP contribution in [0, 0.1) is 0 Å². The Morgan fingerprint density at radius 1 is 0.683 bits per heavy atom. The lowest BCUT2D eigenvalue weighted by atomic mass is 10.00. The summed E-state index contributed by atoms with van der Waals surface area (Å²) in [5, 5.41) is 0. The number of methoxy groups -OCH3 is 2. The molecule has 2 aromatic carbocycles. The maximum atomic E-state index is 5.99. The molecular weight excluding hydrogens is 549 g/mol. The van der Waals surface area contributed by atoms with Crippen LogP contribution in [0.1, 0.15) is 30.5 Å². The first-order chi connectivity index (χ1) is 19.3. The van der Waals surface area contributed by atoms with E-state index in [9.17, 15) is 0 Å². The highest BCUT2D eigenvalue weighted by atomic mass is 28.3. The third-order valence-corrected chi connectivity index (χ3v) is 9.76. The van der Waals surface area contributed by atoms with Gasteiger partial charge in [0.15, 0.2) is 13.6 Å². The molecule has 0 radical (unpaired) electrons. The standard InChI is InChI=1S/C33H52O6Si2/c1-26(2)11-14-32-28(21-31(23-33(32)35-4)39-25-37-16-18-41(8,9)10)13-12-27-19-29(34-3)22-30(20-27)38-24-36-15-17-40(5,6)7/h11-13,19-23H,14-18,24-25H2,1-10H3. The fourth-order valence-corrected chi connectivity index (χ4v) is 5.26. The normalized spacial score (nSPS) is 12.0. The molecule has 0 saturated heterocycles. The minimum Gasteiger partial charge on any atom is -0.497 e. The summed E-state index contributed by atoms with van der Waals surface area (Å²) in [5.74, 6) is 2.92. The molecule has 0 spiro atoms. The van der Waals surface area contributed by atoms with Crippen molar-refractivity contribution < 1.29 is 28.4 Å². The van der Waals surface area contributed by atoms with E-state index >= 15 is 0 Å². The molecule has 0 aliphatic heterocycles. The van der Waals surface area contributed by atoms with Gasteiger partial charge in [-0.15, -0.1) is 0 Å². The van der Waals surface area contributed by atoms with Crippen LogP contribution in [0.3, 0.4) is 0 Å². The van der Waals surface area contributed by atoms with Gasteiger partial charge in [-0.3, -0.25) is 0 Å². The lowest BCUT2D eigenvalue weighted by molar-refractivity contribution is 0.0217. The van der Waals surface area contributed by atoms with E-state index in [1.165, 1.54) is 5.57 Å². The number of hydrogen-bond donors (Lipinski definition) is 0. The molecule has 6 nitrogen and oxygen atoms in total. The Labute approximate surface area is 250 Å². The van der Waals surface area contributed by atoms with Crippen molar-refractivity contribution in [3.63, 3.8) is 0 Å². The molecule has 0 bridgehead atoms. The quantitative estimate of drug-likeness (QED) is 0.0560. The van der Waals surface area contributed by atoms with Gasteiger partial charge < -0.3 is 28.4 Å². The maximum absolute atomic E-state index is 5.99. The summed E-state index contributed by atoms with van der Waals surface area (Å²) < 4.78 is 34.7. The molecule has 41 heavy (non-hydrogen) atoms. The number of ether oxygens (including phenoxy) is 6. The molecule has 0 aliphatic carbocycles. The summed E-state index contributed by atoms with van der Waals surface area (Å²) in [6, 6.07) is 12.0. The van der Waals surface area contributed by atoms with E-state index in [0.717, 1.165) is 46.7 Å². The topological polar surface area (TPSA) is 55.4 Å². The summed E-state index contributed by atoms with van der Waals surface area (Å²) in [5.41, 5.74) is 4.31. The molecule has 2 rings (SSSR count). The Morgan fingerprint density at radius 2 is 1.24 bits per heavy atom. The van der Waals surface area contributed by atoms with Gasteiger partial charge in [0.05, 0.1) is 14.2 Å². The van der Waals surface area contributed by atoms with Crippen molar-refractivity contribution in [2.45, 2.75) is 71.6 Å². The summed E-state index contributed by atoms with van der Waals surface area (Å²) in [4.78, 5) is 0. The van der Waals surface area contributed by atoms with E-state index in [1.54, 1.807) is 14.2 Å². The Kier molecular flexibility index (Phi) is 14.2. The molecule has 0 aromatic heterocycles. The summed E-state index contributed by atoms with van der Waals surface area (Å²) in [7, 11) is 1.07. The van der Waals surface area contributed by atoms with Crippen molar-refractivity contribution in [2.24, 2.45) is 0 Å². The monoisotopic (exact) mass is 600 g/mol. The van der Waals surface area contributed by atoms with Crippen LogP contribution in [0.5, 0.6) is 23.0 Å². The Balaban J connectivity index is 2.26. The highest BCUT2D eigenvalue weighted by Gasteiger charge is 2.14. The van der Waals surface area contributed by atoms with Crippen molar-refractivity contribution in [1.82, 2.24) is 0 Å². The summed E-state index contributed by atoms with van der Waals surface area (Å²) in [6.07, 6.45) is 7.09. The van der Waals surface area contributed by atoms with Crippen LogP contribution < -0.4 is 18.9 Å². The summed E-state index contributed by atoms with van der Waals surface area (Å²) >= 11 is 0. The second-order valence-corrected chi connectivity index (χ2v) is 24.2. The van der Waals surface area contributed by atoms with Gasteiger partial charge in [-0.25, -0.2) is 0 Å². The first-order valence-corrected chi connectivity index (χ1v) is 21.8. The zero-order valence-corrected chi connectivity index (χ0v) is 29.0. The Hall–Kier alpha value is -2.53. The molecule has 0 N–H and O–H groups in total. The molecule has 2 aromatic rings. The number of benzene rings is 2. The number of allylic oxidation sites excluding steroid dienone is 2.